The zero-order valence-electron chi connectivity index (χ0n) is 13.9. The lowest BCUT2D eigenvalue weighted by atomic mass is 10.3. The molecule has 0 aromatic heterocycles. The number of non-ortho nitro benzene ring substituents is 1. The molecule has 0 saturated heterocycles. The molecule has 21 heavy (non-hydrogen) atoms. The van der Waals surface area contributed by atoms with Crippen molar-refractivity contribution >= 4 is 18.7 Å². The van der Waals surface area contributed by atoms with E-state index in [2.05, 4.69) is 30.1 Å². The van der Waals surface area contributed by atoms with Crippen molar-refractivity contribution < 1.29 is 4.92 Å². The minimum atomic E-state index is -1.96. The lowest BCUT2D eigenvalue weighted by Gasteiger charge is -2.45. The quantitative estimate of drug-likeness (QED) is 0.475. The Bertz CT molecular complexity index is 547. The van der Waals surface area contributed by atoms with Crippen molar-refractivity contribution in [2.24, 2.45) is 4.74 Å². The summed E-state index contributed by atoms with van der Waals surface area (Å²) in [5, 5.41) is 10.7. The van der Waals surface area contributed by atoms with Crippen LogP contribution >= 0.6 is 7.36 Å². The fraction of sp³-hybridized carbons (Fsp3) is 0.571. The van der Waals surface area contributed by atoms with Gasteiger partial charge in [0.05, 0.1) is 10.6 Å². The number of nitro groups is 1. The number of nitrogens with zero attached hydrogens (tertiary/aromatic N) is 4. The van der Waals surface area contributed by atoms with E-state index in [1.165, 1.54) is 12.1 Å². The smallest absolute Gasteiger partial charge is 0.263 e. The van der Waals surface area contributed by atoms with E-state index in [-0.39, 0.29) is 10.8 Å². The van der Waals surface area contributed by atoms with E-state index >= 15 is 0 Å². The molecule has 0 aliphatic heterocycles. The highest BCUT2D eigenvalue weighted by Crippen LogP contribution is 2.64. The van der Waals surface area contributed by atoms with Gasteiger partial charge >= 0.3 is 0 Å². The molecule has 0 unspecified atom stereocenters. The average molecular weight is 312 g/mol. The first kappa shape index (κ1) is 17.8. The van der Waals surface area contributed by atoms with E-state index in [0.717, 1.165) is 5.69 Å². The van der Waals surface area contributed by atoms with Crippen LogP contribution in [0.3, 0.4) is 0 Å². The topological polar surface area (TPSA) is 62.0 Å². The first-order valence-electron chi connectivity index (χ1n) is 6.75. The van der Waals surface area contributed by atoms with Crippen molar-refractivity contribution in [1.82, 2.24) is 9.34 Å². The summed E-state index contributed by atoms with van der Waals surface area (Å²) < 4.78 is 9.35. The summed E-state index contributed by atoms with van der Waals surface area (Å²) in [5.41, 5.74) is 0.856. The van der Waals surface area contributed by atoms with Crippen LogP contribution < -0.4 is 0 Å². The minimum absolute atomic E-state index is 0.0399. The number of hydrogen-bond donors (Lipinski definition) is 0. The molecule has 0 radical (unpaired) electrons. The maximum absolute atomic E-state index is 10.7. The number of hydrogen-bond acceptors (Lipinski definition) is 3. The van der Waals surface area contributed by atoms with Crippen molar-refractivity contribution in [1.29, 1.82) is 0 Å². The van der Waals surface area contributed by atoms with Gasteiger partial charge in [0, 0.05) is 17.3 Å². The van der Waals surface area contributed by atoms with Crippen LogP contribution in [-0.4, -0.2) is 47.6 Å². The lowest BCUT2D eigenvalue weighted by Crippen LogP contribution is -2.33. The Morgan fingerprint density at radius 1 is 1.05 bits per heavy atom. The molecule has 0 saturated carbocycles. The monoisotopic (exact) mass is 312 g/mol. The van der Waals surface area contributed by atoms with Crippen LogP contribution in [0.2, 0.25) is 0 Å². The summed E-state index contributed by atoms with van der Waals surface area (Å²) >= 11 is 0. The van der Waals surface area contributed by atoms with Gasteiger partial charge in [-0.05, 0) is 40.3 Å². The molecule has 0 fully saturated rings. The maximum atomic E-state index is 10.7. The van der Waals surface area contributed by atoms with E-state index in [4.69, 9.17) is 4.74 Å². The Morgan fingerprint density at radius 3 is 1.76 bits per heavy atom. The minimum Gasteiger partial charge on any atom is -0.263 e. The van der Waals surface area contributed by atoms with Gasteiger partial charge in [0.15, 0.2) is 0 Å². The predicted octanol–water partition coefficient (Wildman–Crippen LogP) is 4.18. The highest BCUT2D eigenvalue weighted by Gasteiger charge is 2.38. The Morgan fingerprint density at radius 2 is 1.48 bits per heavy atom. The molecule has 1 rings (SSSR count). The van der Waals surface area contributed by atoms with Gasteiger partial charge in [0.1, 0.15) is 7.36 Å². The van der Waals surface area contributed by atoms with Crippen molar-refractivity contribution in [3.05, 3.63) is 34.4 Å². The van der Waals surface area contributed by atoms with Crippen LogP contribution in [0.15, 0.2) is 29.0 Å². The van der Waals surface area contributed by atoms with Gasteiger partial charge < -0.3 is 0 Å². The summed E-state index contributed by atoms with van der Waals surface area (Å²) in [7, 11) is 6.18. The first-order valence-corrected chi connectivity index (χ1v) is 8.39. The van der Waals surface area contributed by atoms with Gasteiger partial charge in [-0.3, -0.25) is 19.5 Å². The van der Waals surface area contributed by atoms with Gasteiger partial charge in [0.25, 0.3) is 5.69 Å². The number of rotatable bonds is 4. The van der Waals surface area contributed by atoms with E-state index in [9.17, 15) is 10.1 Å². The van der Waals surface area contributed by atoms with Gasteiger partial charge in [-0.1, -0.05) is 20.8 Å². The Balaban J connectivity index is 3.48. The molecular weight excluding hydrogens is 287 g/mol. The summed E-state index contributed by atoms with van der Waals surface area (Å²) in [6.07, 6.45) is 0. The summed E-state index contributed by atoms with van der Waals surface area (Å²) in [6.45, 7) is 6.53. The molecule has 0 atom stereocenters. The third-order valence-electron chi connectivity index (χ3n) is 3.33. The van der Waals surface area contributed by atoms with Crippen LogP contribution in [0.4, 0.5) is 11.4 Å². The molecule has 0 heterocycles. The van der Waals surface area contributed by atoms with Crippen LogP contribution in [0, 0.1) is 10.1 Å². The van der Waals surface area contributed by atoms with Crippen LogP contribution in [0.5, 0.6) is 0 Å². The summed E-state index contributed by atoms with van der Waals surface area (Å²) in [6, 6.07) is 6.43. The first-order chi connectivity index (χ1) is 9.52. The SMILES string of the molecule is CN(C)P(=Nc1ccc([N+](=O)[O-])cc1)(N(C)C)C(C)(C)C. The van der Waals surface area contributed by atoms with E-state index in [1.54, 1.807) is 12.1 Å². The standard InChI is InChI=1S/C14H25N4O2P/c1-14(2,3)21(16(4)5,17(6)7)15-12-8-10-13(11-9-12)18(19)20/h8-11H,1-7H3. The van der Waals surface area contributed by atoms with E-state index in [1.807, 2.05) is 28.2 Å². The van der Waals surface area contributed by atoms with Crippen molar-refractivity contribution in [2.75, 3.05) is 28.2 Å². The molecule has 6 nitrogen and oxygen atoms in total. The maximum Gasteiger partial charge on any atom is 0.269 e. The average Bonchev–Trinajstić information content (AvgIpc) is 2.33. The Kier molecular flexibility index (Phi) is 5.31. The summed E-state index contributed by atoms with van der Waals surface area (Å²) in [5.74, 6) is 0. The molecule has 1 aromatic carbocycles. The zero-order valence-corrected chi connectivity index (χ0v) is 14.8. The van der Waals surface area contributed by atoms with Gasteiger partial charge in [-0.15, -0.1) is 0 Å². The fourth-order valence-electron chi connectivity index (χ4n) is 2.69. The van der Waals surface area contributed by atoms with E-state index < -0.39 is 12.3 Å². The van der Waals surface area contributed by atoms with Crippen molar-refractivity contribution in [2.45, 2.75) is 25.9 Å². The Hall–Kier alpha value is -1.23. The molecule has 0 N–H and O–H groups in total. The van der Waals surface area contributed by atoms with Crippen LogP contribution in [0.1, 0.15) is 20.8 Å². The van der Waals surface area contributed by atoms with E-state index in [0.29, 0.717) is 0 Å². The Labute approximate surface area is 127 Å². The van der Waals surface area contributed by atoms with Crippen molar-refractivity contribution in [3.8, 4) is 0 Å². The third kappa shape index (κ3) is 3.51. The molecule has 118 valence electrons. The highest BCUT2D eigenvalue weighted by atomic mass is 31.2. The van der Waals surface area contributed by atoms with Gasteiger partial charge in [-0.2, -0.15) is 0 Å². The highest BCUT2D eigenvalue weighted by molar-refractivity contribution is 7.63. The predicted molar refractivity (Wildman–Crippen MR) is 89.2 cm³/mol. The fourth-order valence-corrected chi connectivity index (χ4v) is 6.92. The second-order valence-electron chi connectivity index (χ2n) is 6.31. The lowest BCUT2D eigenvalue weighted by molar-refractivity contribution is -0.384. The molecule has 0 bridgehead atoms. The van der Waals surface area contributed by atoms with Gasteiger partial charge in [-0.25, -0.2) is 4.74 Å². The molecule has 0 aliphatic rings. The molecule has 1 aromatic rings. The van der Waals surface area contributed by atoms with Crippen LogP contribution in [0.25, 0.3) is 0 Å². The molecule has 7 heteroatoms. The summed E-state index contributed by atoms with van der Waals surface area (Å²) in [4.78, 5) is 10.3. The second-order valence-corrected chi connectivity index (χ2v) is 10.6. The third-order valence-corrected chi connectivity index (χ3v) is 7.87. The molecule has 0 aliphatic carbocycles. The van der Waals surface area contributed by atoms with Gasteiger partial charge in [0.2, 0.25) is 0 Å². The molecule has 0 spiro atoms. The zero-order chi connectivity index (χ0) is 16.4. The largest absolute Gasteiger partial charge is 0.269 e. The number of benzene rings is 1. The second kappa shape index (κ2) is 6.26. The normalized spacial score (nSPS) is 12.8. The number of nitro benzene ring substituents is 1. The molecule has 0 amide bonds. The van der Waals surface area contributed by atoms with Crippen molar-refractivity contribution in [3.63, 3.8) is 0 Å². The van der Waals surface area contributed by atoms with Crippen LogP contribution in [-0.2, 0) is 0 Å². The molecular formula is C14H25N4O2P.